The van der Waals surface area contributed by atoms with Gasteiger partial charge >= 0.3 is 8.80 Å². The number of aromatic nitrogens is 1. The molecule has 0 aliphatic heterocycles. The Hall–Kier alpha value is -1.40. The van der Waals surface area contributed by atoms with Crippen LogP contribution in [0, 0.1) is 0 Å². The van der Waals surface area contributed by atoms with Gasteiger partial charge in [-0.3, -0.25) is 0 Å². The van der Waals surface area contributed by atoms with E-state index in [2.05, 4.69) is 35.9 Å². The standard InChI is InChI=1S/C17H25NO3Si/c1-5-6-13-18-14-9-11-16(18)15-10-7-8-12-17(15)22(19-2,20-3)21-4/h7-12,14H,5-6,13H2,1-4H3. The second kappa shape index (κ2) is 7.74. The molecule has 1 aromatic carbocycles. The third-order valence-electron chi connectivity index (χ3n) is 3.92. The van der Waals surface area contributed by atoms with Crippen molar-refractivity contribution >= 4 is 14.0 Å². The lowest BCUT2D eigenvalue weighted by Crippen LogP contribution is -2.55. The first-order valence-corrected chi connectivity index (χ1v) is 9.35. The molecule has 0 N–H and O–H groups in total. The highest BCUT2D eigenvalue weighted by atomic mass is 28.4. The van der Waals surface area contributed by atoms with E-state index in [4.69, 9.17) is 13.3 Å². The molecule has 1 aromatic heterocycles. The topological polar surface area (TPSA) is 32.6 Å². The molecule has 0 amide bonds. The molecule has 0 atom stereocenters. The Balaban J connectivity index is 2.51. The van der Waals surface area contributed by atoms with E-state index < -0.39 is 8.80 Å². The molecule has 5 heteroatoms. The Kier molecular flexibility index (Phi) is 5.96. The summed E-state index contributed by atoms with van der Waals surface area (Å²) in [6, 6.07) is 12.4. The summed E-state index contributed by atoms with van der Waals surface area (Å²) in [6.07, 6.45) is 4.45. The van der Waals surface area contributed by atoms with Gasteiger partial charge in [-0.2, -0.15) is 0 Å². The van der Waals surface area contributed by atoms with Crippen molar-refractivity contribution in [1.29, 1.82) is 0 Å². The molecule has 2 aromatic rings. The summed E-state index contributed by atoms with van der Waals surface area (Å²) in [4.78, 5) is 0. The van der Waals surface area contributed by atoms with E-state index in [0.29, 0.717) is 0 Å². The van der Waals surface area contributed by atoms with Crippen LogP contribution in [-0.2, 0) is 19.8 Å². The minimum atomic E-state index is -2.86. The van der Waals surface area contributed by atoms with Crippen LogP contribution in [0.15, 0.2) is 42.6 Å². The molecule has 0 aliphatic carbocycles. The third-order valence-corrected chi connectivity index (χ3v) is 6.63. The van der Waals surface area contributed by atoms with Gasteiger partial charge in [0.25, 0.3) is 0 Å². The van der Waals surface area contributed by atoms with Crippen molar-refractivity contribution in [1.82, 2.24) is 4.57 Å². The zero-order valence-electron chi connectivity index (χ0n) is 13.8. The molecule has 0 spiro atoms. The molecule has 0 unspecified atom stereocenters. The second-order valence-electron chi connectivity index (χ2n) is 5.15. The lowest BCUT2D eigenvalue weighted by Gasteiger charge is -2.27. The lowest BCUT2D eigenvalue weighted by atomic mass is 10.1. The van der Waals surface area contributed by atoms with E-state index in [9.17, 15) is 0 Å². The lowest BCUT2D eigenvalue weighted by molar-refractivity contribution is 0.140. The van der Waals surface area contributed by atoms with Gasteiger partial charge in [-0.25, -0.2) is 0 Å². The number of aryl methyl sites for hydroxylation is 1. The quantitative estimate of drug-likeness (QED) is 0.701. The number of nitrogens with zero attached hydrogens (tertiary/aromatic N) is 1. The predicted molar refractivity (Wildman–Crippen MR) is 91.2 cm³/mol. The Morgan fingerprint density at radius 2 is 1.64 bits per heavy atom. The summed E-state index contributed by atoms with van der Waals surface area (Å²) >= 11 is 0. The van der Waals surface area contributed by atoms with Crippen LogP contribution in [0.5, 0.6) is 0 Å². The highest BCUT2D eigenvalue weighted by Crippen LogP contribution is 2.22. The van der Waals surface area contributed by atoms with E-state index in [0.717, 1.165) is 23.7 Å². The maximum atomic E-state index is 5.67. The second-order valence-corrected chi connectivity index (χ2v) is 8.03. The third kappa shape index (κ3) is 3.17. The molecule has 1 heterocycles. The van der Waals surface area contributed by atoms with Crippen LogP contribution in [0.25, 0.3) is 11.3 Å². The minimum absolute atomic E-state index is 0.999. The molecule has 0 saturated carbocycles. The fourth-order valence-electron chi connectivity index (χ4n) is 2.74. The van der Waals surface area contributed by atoms with E-state index in [1.54, 1.807) is 21.3 Å². The van der Waals surface area contributed by atoms with E-state index in [-0.39, 0.29) is 0 Å². The van der Waals surface area contributed by atoms with Gasteiger partial charge in [0.05, 0.1) is 0 Å². The summed E-state index contributed by atoms with van der Waals surface area (Å²) in [5.41, 5.74) is 2.29. The van der Waals surface area contributed by atoms with Crippen LogP contribution < -0.4 is 5.19 Å². The molecule has 0 aliphatic rings. The fourth-order valence-corrected chi connectivity index (χ4v) is 4.74. The summed E-state index contributed by atoms with van der Waals surface area (Å²) in [6.45, 7) is 3.21. The van der Waals surface area contributed by atoms with Crippen molar-refractivity contribution in [3.8, 4) is 11.3 Å². The Morgan fingerprint density at radius 1 is 0.955 bits per heavy atom. The zero-order chi connectivity index (χ0) is 16.0. The van der Waals surface area contributed by atoms with Crippen molar-refractivity contribution in [3.05, 3.63) is 42.6 Å². The van der Waals surface area contributed by atoms with E-state index >= 15 is 0 Å². The van der Waals surface area contributed by atoms with Crippen LogP contribution in [0.1, 0.15) is 19.8 Å². The molecular formula is C17H25NO3Si. The van der Waals surface area contributed by atoms with Crippen LogP contribution >= 0.6 is 0 Å². The van der Waals surface area contributed by atoms with Gasteiger partial charge in [0.2, 0.25) is 0 Å². The van der Waals surface area contributed by atoms with Crippen LogP contribution in [0.2, 0.25) is 0 Å². The van der Waals surface area contributed by atoms with Gasteiger partial charge in [0, 0.05) is 50.5 Å². The zero-order valence-corrected chi connectivity index (χ0v) is 14.8. The van der Waals surface area contributed by atoms with Crippen LogP contribution in [0.3, 0.4) is 0 Å². The molecular weight excluding hydrogens is 294 g/mol. The number of unbranched alkanes of at least 4 members (excludes halogenated alkanes) is 1. The van der Waals surface area contributed by atoms with Gasteiger partial charge in [0.15, 0.2) is 0 Å². The van der Waals surface area contributed by atoms with Gasteiger partial charge in [0.1, 0.15) is 0 Å². The normalized spacial score (nSPS) is 11.8. The molecule has 120 valence electrons. The predicted octanol–water partition coefficient (Wildman–Crippen LogP) is 3.04. The highest BCUT2D eigenvalue weighted by Gasteiger charge is 2.42. The largest absolute Gasteiger partial charge is 0.537 e. The van der Waals surface area contributed by atoms with Gasteiger partial charge in [-0.1, -0.05) is 37.6 Å². The Morgan fingerprint density at radius 3 is 2.27 bits per heavy atom. The smallest absolute Gasteiger partial charge is 0.373 e. The SMILES string of the molecule is CCCCn1cccc1-c1ccccc1[Si](OC)(OC)OC. The monoisotopic (exact) mass is 319 g/mol. The number of rotatable bonds is 8. The first-order chi connectivity index (χ1) is 10.7. The molecule has 0 saturated heterocycles. The van der Waals surface area contributed by atoms with Crippen molar-refractivity contribution in [2.24, 2.45) is 0 Å². The molecule has 0 bridgehead atoms. The average Bonchev–Trinajstić information content (AvgIpc) is 3.04. The first-order valence-electron chi connectivity index (χ1n) is 7.62. The molecule has 4 nitrogen and oxygen atoms in total. The number of benzene rings is 1. The maximum Gasteiger partial charge on any atom is 0.537 e. The number of hydrogen-bond acceptors (Lipinski definition) is 3. The van der Waals surface area contributed by atoms with Crippen molar-refractivity contribution < 1.29 is 13.3 Å². The summed E-state index contributed by atoms with van der Waals surface area (Å²) in [7, 11) is 2.07. The van der Waals surface area contributed by atoms with Crippen LogP contribution in [0.4, 0.5) is 0 Å². The fraction of sp³-hybridized carbons (Fsp3) is 0.412. The highest BCUT2D eigenvalue weighted by molar-refractivity contribution is 6.76. The van der Waals surface area contributed by atoms with E-state index in [1.807, 2.05) is 18.2 Å². The Bertz CT molecular complexity index is 585. The molecule has 0 radical (unpaired) electrons. The summed E-state index contributed by atoms with van der Waals surface area (Å²) in [5, 5.41) is 0.999. The number of hydrogen-bond donors (Lipinski definition) is 0. The van der Waals surface area contributed by atoms with Gasteiger partial charge < -0.3 is 17.8 Å². The maximum absolute atomic E-state index is 5.67. The minimum Gasteiger partial charge on any atom is -0.373 e. The summed E-state index contributed by atoms with van der Waals surface area (Å²) in [5.74, 6) is 0. The Labute approximate surface area is 134 Å². The molecule has 22 heavy (non-hydrogen) atoms. The van der Waals surface area contributed by atoms with Gasteiger partial charge in [-0.05, 0) is 18.6 Å². The first kappa shape index (κ1) is 17.0. The van der Waals surface area contributed by atoms with Crippen molar-refractivity contribution in [2.75, 3.05) is 21.3 Å². The van der Waals surface area contributed by atoms with E-state index in [1.165, 1.54) is 12.1 Å². The van der Waals surface area contributed by atoms with Crippen molar-refractivity contribution in [3.63, 3.8) is 0 Å². The van der Waals surface area contributed by atoms with Crippen molar-refractivity contribution in [2.45, 2.75) is 26.3 Å². The van der Waals surface area contributed by atoms with Gasteiger partial charge in [-0.15, -0.1) is 0 Å². The summed E-state index contributed by atoms with van der Waals surface area (Å²) < 4.78 is 19.3. The molecule has 2 rings (SSSR count). The molecule has 0 fully saturated rings. The van der Waals surface area contributed by atoms with Crippen LogP contribution in [-0.4, -0.2) is 34.7 Å². The average molecular weight is 319 g/mol.